The van der Waals surface area contributed by atoms with Crippen molar-refractivity contribution < 1.29 is 17.9 Å². The lowest BCUT2D eigenvalue weighted by atomic mass is 10.2. The normalized spacial score (nSPS) is 11.5. The first-order chi connectivity index (χ1) is 6.83. The zero-order valence-corrected chi connectivity index (χ0v) is 7.81. The fourth-order valence-corrected chi connectivity index (χ4v) is 1.10. The van der Waals surface area contributed by atoms with Crippen LogP contribution in [0, 0.1) is 6.92 Å². The Hall–Kier alpha value is -1.50. The van der Waals surface area contributed by atoms with Gasteiger partial charge in [-0.1, -0.05) is 0 Å². The van der Waals surface area contributed by atoms with Gasteiger partial charge in [0.25, 0.3) is 5.56 Å². The van der Waals surface area contributed by atoms with Gasteiger partial charge in [-0.2, -0.15) is 0 Å². The number of rotatable bonds is 2. The Balaban J connectivity index is 3.15. The molecule has 0 bridgehead atoms. The first kappa shape index (κ1) is 11.6. The molecule has 7 heteroatoms. The quantitative estimate of drug-likeness (QED) is 0.785. The molecule has 84 valence electrons. The third-order valence-electron chi connectivity index (χ3n) is 1.67. The van der Waals surface area contributed by atoms with Crippen LogP contribution in [0.3, 0.4) is 0 Å². The number of aromatic nitrogens is 1. The van der Waals surface area contributed by atoms with E-state index < -0.39 is 17.7 Å². The van der Waals surface area contributed by atoms with Crippen molar-refractivity contribution >= 4 is 0 Å². The lowest BCUT2D eigenvalue weighted by Crippen LogP contribution is -2.24. The van der Waals surface area contributed by atoms with Crippen molar-refractivity contribution in [2.45, 2.75) is 19.8 Å². The molecular formula is C8H9F3N2O2. The molecule has 15 heavy (non-hydrogen) atoms. The Labute approximate surface area is 82.9 Å². The van der Waals surface area contributed by atoms with E-state index in [4.69, 9.17) is 5.73 Å². The standard InChI is InChI=1S/C8H9F3N2O2/c1-4-2-5(3-12)13-7(14)6(4)15-8(9,10)11/h2H,3,12H2,1H3,(H,13,14). The highest BCUT2D eigenvalue weighted by Crippen LogP contribution is 2.22. The summed E-state index contributed by atoms with van der Waals surface area (Å²) in [7, 11) is 0. The zero-order chi connectivity index (χ0) is 11.6. The fraction of sp³-hybridized carbons (Fsp3) is 0.375. The van der Waals surface area contributed by atoms with Crippen molar-refractivity contribution in [1.82, 2.24) is 4.98 Å². The van der Waals surface area contributed by atoms with Crippen molar-refractivity contribution in [3.63, 3.8) is 0 Å². The van der Waals surface area contributed by atoms with E-state index >= 15 is 0 Å². The molecule has 0 aliphatic heterocycles. The van der Waals surface area contributed by atoms with Crippen LogP contribution in [0.1, 0.15) is 11.3 Å². The van der Waals surface area contributed by atoms with Gasteiger partial charge in [-0.3, -0.25) is 4.79 Å². The molecule has 1 rings (SSSR count). The number of nitrogens with two attached hydrogens (primary N) is 1. The largest absolute Gasteiger partial charge is 0.573 e. The van der Waals surface area contributed by atoms with E-state index in [1.165, 1.54) is 13.0 Å². The first-order valence-electron chi connectivity index (χ1n) is 4.02. The van der Waals surface area contributed by atoms with Crippen LogP contribution in [0.5, 0.6) is 5.75 Å². The minimum absolute atomic E-state index is 0.0440. The Bertz CT molecular complexity index is 411. The highest BCUT2D eigenvalue weighted by molar-refractivity contribution is 5.31. The number of nitrogens with one attached hydrogen (secondary N) is 1. The molecule has 3 N–H and O–H groups in total. The molecule has 0 saturated carbocycles. The summed E-state index contributed by atoms with van der Waals surface area (Å²) in [5, 5.41) is 0. The van der Waals surface area contributed by atoms with Gasteiger partial charge in [0.2, 0.25) is 0 Å². The van der Waals surface area contributed by atoms with E-state index in [-0.39, 0.29) is 12.1 Å². The molecule has 0 fully saturated rings. The van der Waals surface area contributed by atoms with Gasteiger partial charge in [0.05, 0.1) is 0 Å². The van der Waals surface area contributed by atoms with Crippen LogP contribution in [0.2, 0.25) is 0 Å². The van der Waals surface area contributed by atoms with E-state index in [9.17, 15) is 18.0 Å². The maximum Gasteiger partial charge on any atom is 0.573 e. The molecule has 0 amide bonds. The van der Waals surface area contributed by atoms with Gasteiger partial charge >= 0.3 is 6.36 Å². The van der Waals surface area contributed by atoms with Crippen molar-refractivity contribution in [3.8, 4) is 5.75 Å². The van der Waals surface area contributed by atoms with E-state index in [1.807, 2.05) is 0 Å². The molecule has 1 aromatic heterocycles. The molecule has 0 saturated heterocycles. The third kappa shape index (κ3) is 2.98. The number of pyridine rings is 1. The minimum Gasteiger partial charge on any atom is -0.400 e. The number of hydrogen-bond acceptors (Lipinski definition) is 3. The Morgan fingerprint density at radius 2 is 2.13 bits per heavy atom. The van der Waals surface area contributed by atoms with Crippen molar-refractivity contribution in [1.29, 1.82) is 0 Å². The van der Waals surface area contributed by atoms with Gasteiger partial charge in [-0.15, -0.1) is 13.2 Å². The molecule has 0 atom stereocenters. The second-order valence-electron chi connectivity index (χ2n) is 2.89. The lowest BCUT2D eigenvalue weighted by Gasteiger charge is -2.10. The smallest absolute Gasteiger partial charge is 0.400 e. The van der Waals surface area contributed by atoms with Gasteiger partial charge in [0.1, 0.15) is 0 Å². The highest BCUT2D eigenvalue weighted by atomic mass is 19.4. The summed E-state index contributed by atoms with van der Waals surface area (Å²) in [5.74, 6) is -0.750. The molecule has 0 aliphatic rings. The Kier molecular flexibility index (Phi) is 3.04. The predicted octanol–water partition coefficient (Wildman–Crippen LogP) is 1.04. The van der Waals surface area contributed by atoms with E-state index in [2.05, 4.69) is 9.72 Å². The summed E-state index contributed by atoms with van der Waals surface area (Å²) in [4.78, 5) is 13.3. The Morgan fingerprint density at radius 1 is 1.53 bits per heavy atom. The van der Waals surface area contributed by atoms with E-state index in [1.54, 1.807) is 0 Å². The topological polar surface area (TPSA) is 68.1 Å². The SMILES string of the molecule is Cc1cc(CN)[nH]c(=O)c1OC(F)(F)F. The van der Waals surface area contributed by atoms with Crippen LogP contribution in [0.25, 0.3) is 0 Å². The maximum absolute atomic E-state index is 11.9. The van der Waals surface area contributed by atoms with Gasteiger partial charge in [0.15, 0.2) is 5.75 Å². The molecule has 0 spiro atoms. The first-order valence-corrected chi connectivity index (χ1v) is 4.02. The Morgan fingerprint density at radius 3 is 2.53 bits per heavy atom. The number of aromatic amines is 1. The van der Waals surface area contributed by atoms with Crippen molar-refractivity contribution in [2.24, 2.45) is 5.73 Å². The number of alkyl halides is 3. The number of hydrogen-bond donors (Lipinski definition) is 2. The van der Waals surface area contributed by atoms with Crippen LogP contribution in [0.4, 0.5) is 13.2 Å². The van der Waals surface area contributed by atoms with Crippen LogP contribution in [-0.2, 0) is 6.54 Å². The number of ether oxygens (including phenoxy) is 1. The molecule has 0 aromatic carbocycles. The van der Waals surface area contributed by atoms with Gasteiger partial charge in [-0.25, -0.2) is 0 Å². The fourth-order valence-electron chi connectivity index (χ4n) is 1.10. The van der Waals surface area contributed by atoms with Crippen LogP contribution >= 0.6 is 0 Å². The molecule has 0 aliphatic carbocycles. The summed E-state index contributed by atoms with van der Waals surface area (Å²) in [6.07, 6.45) is -4.87. The van der Waals surface area contributed by atoms with Gasteiger partial charge in [0, 0.05) is 12.2 Å². The van der Waals surface area contributed by atoms with E-state index in [0.29, 0.717) is 5.69 Å². The molecule has 0 unspecified atom stereocenters. The number of aryl methyl sites for hydroxylation is 1. The third-order valence-corrected chi connectivity index (χ3v) is 1.67. The zero-order valence-electron chi connectivity index (χ0n) is 7.81. The summed E-state index contributed by atoms with van der Waals surface area (Å²) in [6.45, 7) is 1.39. The minimum atomic E-state index is -4.87. The second kappa shape index (κ2) is 3.93. The maximum atomic E-state index is 11.9. The monoisotopic (exact) mass is 222 g/mol. The summed E-state index contributed by atoms with van der Waals surface area (Å²) in [5.41, 5.74) is 4.74. The van der Waals surface area contributed by atoms with Crippen LogP contribution < -0.4 is 16.0 Å². The van der Waals surface area contributed by atoms with Crippen LogP contribution in [-0.4, -0.2) is 11.3 Å². The van der Waals surface area contributed by atoms with Crippen molar-refractivity contribution in [2.75, 3.05) is 0 Å². The summed E-state index contributed by atoms with van der Waals surface area (Å²) >= 11 is 0. The highest BCUT2D eigenvalue weighted by Gasteiger charge is 2.33. The average Bonchev–Trinajstić information content (AvgIpc) is 2.09. The molecule has 0 radical (unpaired) electrons. The number of halogens is 3. The second-order valence-corrected chi connectivity index (χ2v) is 2.89. The van der Waals surface area contributed by atoms with E-state index in [0.717, 1.165) is 0 Å². The van der Waals surface area contributed by atoms with Crippen LogP contribution in [0.15, 0.2) is 10.9 Å². The summed E-state index contributed by atoms with van der Waals surface area (Å²) < 4.78 is 39.2. The molecular weight excluding hydrogens is 213 g/mol. The molecule has 1 heterocycles. The molecule has 1 aromatic rings. The van der Waals surface area contributed by atoms with Crippen molar-refractivity contribution in [3.05, 3.63) is 27.7 Å². The number of H-pyrrole nitrogens is 1. The lowest BCUT2D eigenvalue weighted by molar-refractivity contribution is -0.275. The average molecular weight is 222 g/mol. The van der Waals surface area contributed by atoms with Gasteiger partial charge in [-0.05, 0) is 18.6 Å². The summed E-state index contributed by atoms with van der Waals surface area (Å²) in [6, 6.07) is 1.34. The predicted molar refractivity (Wildman–Crippen MR) is 46.4 cm³/mol. The van der Waals surface area contributed by atoms with Gasteiger partial charge < -0.3 is 15.5 Å². The molecule has 4 nitrogen and oxygen atoms in total.